The summed E-state index contributed by atoms with van der Waals surface area (Å²) in [5.41, 5.74) is 2.21. The number of rotatable bonds is 1. The van der Waals surface area contributed by atoms with Gasteiger partial charge >= 0.3 is 0 Å². The summed E-state index contributed by atoms with van der Waals surface area (Å²) in [5.74, 6) is -0.388. The molecule has 47 heavy (non-hydrogen) atoms. The number of sulfonamides is 1. The van der Waals surface area contributed by atoms with Crippen molar-refractivity contribution in [2.45, 2.75) is 68.6 Å². The predicted octanol–water partition coefficient (Wildman–Crippen LogP) is 5.56. The molecule has 0 unspecified atom stereocenters. The maximum absolute atomic E-state index is 13.5. The molecule has 3 aromatic rings. The van der Waals surface area contributed by atoms with Crippen LogP contribution in [0.25, 0.3) is 0 Å². The number of nitrogens with zero attached hydrogens (tertiary/aromatic N) is 3. The third-order valence-corrected chi connectivity index (χ3v) is 13.3. The molecule has 2 N–H and O–H groups in total. The third kappa shape index (κ3) is 5.82. The Hall–Kier alpha value is -3.47. The van der Waals surface area contributed by atoms with E-state index in [-0.39, 0.29) is 28.7 Å². The summed E-state index contributed by atoms with van der Waals surface area (Å²) < 4.78 is 35.7. The van der Waals surface area contributed by atoms with Crippen molar-refractivity contribution < 1.29 is 23.1 Å². The summed E-state index contributed by atoms with van der Waals surface area (Å²) in [6.07, 6.45) is 13.4. The molecule has 2 aliphatic carbocycles. The van der Waals surface area contributed by atoms with Gasteiger partial charge in [0.25, 0.3) is 5.91 Å². The van der Waals surface area contributed by atoms with E-state index in [9.17, 15) is 18.3 Å². The first-order chi connectivity index (χ1) is 22.5. The van der Waals surface area contributed by atoms with Gasteiger partial charge in [-0.15, -0.1) is 0 Å². The third-order valence-electron chi connectivity index (χ3n) is 11.1. The Morgan fingerprint density at radius 2 is 1.98 bits per heavy atom. The minimum Gasteiger partial charge on any atom is -0.490 e. The van der Waals surface area contributed by atoms with Gasteiger partial charge in [0.1, 0.15) is 11.4 Å². The lowest BCUT2D eigenvalue weighted by Crippen LogP contribution is -2.51. The zero-order valence-electron chi connectivity index (χ0n) is 26.7. The Bertz CT molecular complexity index is 1820. The molecular weight excluding hydrogens is 636 g/mol. The van der Waals surface area contributed by atoms with Crippen molar-refractivity contribution in [3.63, 3.8) is 0 Å². The van der Waals surface area contributed by atoms with Gasteiger partial charge in [-0.1, -0.05) is 36.7 Å². The van der Waals surface area contributed by atoms with E-state index in [0.717, 1.165) is 37.8 Å². The fourth-order valence-corrected chi connectivity index (χ4v) is 9.53. The molecule has 1 amide bonds. The van der Waals surface area contributed by atoms with E-state index >= 15 is 0 Å². The van der Waals surface area contributed by atoms with Crippen molar-refractivity contribution >= 4 is 33.2 Å². The number of allylic oxidation sites excluding steroid dienone is 1. The van der Waals surface area contributed by atoms with Gasteiger partial charge in [-0.2, -0.15) is 0 Å². The average molecular weight is 677 g/mol. The van der Waals surface area contributed by atoms with E-state index in [1.165, 1.54) is 11.1 Å². The number of fused-ring (bicyclic) bond motifs is 4. The number of nitrogens with one attached hydrogen (secondary N) is 1. The standard InChI is InChI=1S/C36H41ClN4O5S/c1-23-5-3-14-36(43,33-19-38-15-16-39-33)30-10-7-27(30)20-41-21-35(13-4-6-25-17-28(37)9-11-29(25)35)22-46-32-12-8-26(18-31(32)41)34(42)40-47(44,45)24(23)2/h3,8-9,11-12,14-19,23-24,27,30,43H,4-7,10,13,20-22H2,1-2H3,(H,40,42)/b14-3+/t23-,24+,27-,30+,35-,36+/m0/s1. The Balaban J connectivity index is 1.35. The van der Waals surface area contributed by atoms with Gasteiger partial charge in [-0.3, -0.25) is 14.8 Å². The summed E-state index contributed by atoms with van der Waals surface area (Å²) in [5, 5.41) is 12.3. The van der Waals surface area contributed by atoms with Gasteiger partial charge in [0.15, 0.2) is 0 Å². The molecule has 7 rings (SSSR count). The summed E-state index contributed by atoms with van der Waals surface area (Å²) >= 11 is 6.43. The van der Waals surface area contributed by atoms with Gasteiger partial charge < -0.3 is 14.7 Å². The number of amides is 1. The van der Waals surface area contributed by atoms with Crippen molar-refractivity contribution in [2.24, 2.45) is 17.8 Å². The predicted molar refractivity (Wildman–Crippen MR) is 181 cm³/mol. The van der Waals surface area contributed by atoms with Gasteiger partial charge in [-0.25, -0.2) is 13.1 Å². The molecule has 2 aliphatic heterocycles. The number of anilines is 1. The lowest BCUT2D eigenvalue weighted by Gasteiger charge is -2.48. The zero-order valence-corrected chi connectivity index (χ0v) is 28.3. The zero-order chi connectivity index (χ0) is 33.0. The molecule has 1 aromatic heterocycles. The SMILES string of the molecule is C[C@@H]1[C@@H](C)C/C=C/[C@](O)(c2cnccn2)[C@@H]2CC[C@H]2CN2C[C@@]3(CCCc4cc(Cl)ccc43)COc3ccc(cc32)C(=O)NS1(=O)=O. The number of ether oxygens (including phenoxy) is 1. The Labute approximate surface area is 281 Å². The number of aryl methyl sites for hydroxylation is 1. The van der Waals surface area contributed by atoms with E-state index in [1.54, 1.807) is 49.8 Å². The highest BCUT2D eigenvalue weighted by atomic mass is 35.5. The summed E-state index contributed by atoms with van der Waals surface area (Å²) in [4.78, 5) is 24.6. The van der Waals surface area contributed by atoms with E-state index < -0.39 is 26.8 Å². The highest BCUT2D eigenvalue weighted by Gasteiger charge is 2.49. The van der Waals surface area contributed by atoms with Crippen LogP contribution in [0.4, 0.5) is 5.69 Å². The fourth-order valence-electron chi connectivity index (χ4n) is 8.05. The van der Waals surface area contributed by atoms with E-state index in [4.69, 9.17) is 16.3 Å². The number of hydrogen-bond donors (Lipinski definition) is 2. The number of halogens is 1. The van der Waals surface area contributed by atoms with Crippen LogP contribution in [0.5, 0.6) is 5.75 Å². The lowest BCUT2D eigenvalue weighted by molar-refractivity contribution is -0.0532. The number of aliphatic hydroxyl groups is 1. The minimum absolute atomic E-state index is 0.102. The molecule has 6 atom stereocenters. The molecule has 3 heterocycles. The highest BCUT2D eigenvalue weighted by molar-refractivity contribution is 7.90. The number of benzene rings is 2. The fraction of sp³-hybridized carbons (Fsp3) is 0.472. The summed E-state index contributed by atoms with van der Waals surface area (Å²) in [7, 11) is -4.00. The Morgan fingerprint density at radius 3 is 2.74 bits per heavy atom. The maximum Gasteiger partial charge on any atom is 0.264 e. The maximum atomic E-state index is 13.5. The van der Waals surface area contributed by atoms with Crippen molar-refractivity contribution in [1.82, 2.24) is 14.7 Å². The average Bonchev–Trinajstić information content (AvgIpc) is 3.19. The molecule has 9 nitrogen and oxygen atoms in total. The molecule has 2 aromatic carbocycles. The van der Waals surface area contributed by atoms with E-state index in [1.807, 2.05) is 19.1 Å². The molecule has 2 bridgehead atoms. The monoisotopic (exact) mass is 676 g/mol. The molecule has 248 valence electrons. The van der Waals surface area contributed by atoms with Crippen LogP contribution >= 0.6 is 11.6 Å². The molecule has 0 saturated heterocycles. The van der Waals surface area contributed by atoms with Crippen LogP contribution in [0.1, 0.15) is 73.1 Å². The van der Waals surface area contributed by atoms with Crippen molar-refractivity contribution in [3.8, 4) is 5.75 Å². The van der Waals surface area contributed by atoms with Crippen molar-refractivity contribution in [2.75, 3.05) is 24.6 Å². The Morgan fingerprint density at radius 1 is 1.13 bits per heavy atom. The normalized spacial score (nSPS) is 32.5. The smallest absolute Gasteiger partial charge is 0.264 e. The van der Waals surface area contributed by atoms with Gasteiger partial charge in [0.2, 0.25) is 10.0 Å². The highest BCUT2D eigenvalue weighted by Crippen LogP contribution is 2.50. The van der Waals surface area contributed by atoms with Crippen LogP contribution in [0, 0.1) is 17.8 Å². The Kier molecular flexibility index (Phi) is 8.33. The summed E-state index contributed by atoms with van der Waals surface area (Å²) in [6.45, 7) is 5.14. The molecular formula is C36H41ClN4O5S. The van der Waals surface area contributed by atoms with Crippen LogP contribution in [0.2, 0.25) is 5.02 Å². The molecule has 1 fully saturated rings. The summed E-state index contributed by atoms with van der Waals surface area (Å²) in [6, 6.07) is 11.3. The quantitative estimate of drug-likeness (QED) is 0.322. The van der Waals surface area contributed by atoms with Crippen LogP contribution in [-0.4, -0.2) is 54.3 Å². The largest absolute Gasteiger partial charge is 0.490 e. The van der Waals surface area contributed by atoms with E-state index in [0.29, 0.717) is 42.6 Å². The molecule has 1 saturated carbocycles. The van der Waals surface area contributed by atoms with Crippen LogP contribution in [-0.2, 0) is 27.5 Å². The topological polar surface area (TPSA) is 122 Å². The van der Waals surface area contributed by atoms with Gasteiger partial charge in [0, 0.05) is 47.4 Å². The van der Waals surface area contributed by atoms with Crippen molar-refractivity contribution in [1.29, 1.82) is 0 Å². The number of aromatic nitrogens is 2. The van der Waals surface area contributed by atoms with Crippen LogP contribution in [0.3, 0.4) is 0 Å². The molecule has 0 radical (unpaired) electrons. The molecule has 11 heteroatoms. The first-order valence-electron chi connectivity index (χ1n) is 16.5. The number of carbonyl (C=O) groups excluding carboxylic acids is 1. The van der Waals surface area contributed by atoms with Gasteiger partial charge in [-0.05, 0) is 98.7 Å². The lowest BCUT2D eigenvalue weighted by atomic mass is 9.63. The second kappa shape index (κ2) is 12.2. The van der Waals surface area contributed by atoms with Crippen LogP contribution < -0.4 is 14.4 Å². The van der Waals surface area contributed by atoms with E-state index in [2.05, 4.69) is 31.7 Å². The van der Waals surface area contributed by atoms with Crippen LogP contribution in [0.15, 0.2) is 67.1 Å². The minimum atomic E-state index is -4.00. The number of carbonyl (C=O) groups is 1. The first kappa shape index (κ1) is 32.1. The van der Waals surface area contributed by atoms with Crippen molar-refractivity contribution in [3.05, 3.63) is 94.5 Å². The number of hydrogen-bond acceptors (Lipinski definition) is 8. The molecule has 4 aliphatic rings. The first-order valence-corrected chi connectivity index (χ1v) is 18.4. The second-order valence-electron chi connectivity index (χ2n) is 13.9. The second-order valence-corrected chi connectivity index (χ2v) is 16.4. The molecule has 1 spiro atoms. The van der Waals surface area contributed by atoms with Gasteiger partial charge in [0.05, 0.1) is 29.4 Å².